The quantitative estimate of drug-likeness (QED) is 0.817. The number of hydrogen-bond donors (Lipinski definition) is 1. The summed E-state index contributed by atoms with van der Waals surface area (Å²) in [6, 6.07) is 16.6. The predicted octanol–water partition coefficient (Wildman–Crippen LogP) is 5.13. The summed E-state index contributed by atoms with van der Waals surface area (Å²) >= 11 is 3.38. The molecule has 0 heterocycles. The highest BCUT2D eigenvalue weighted by molar-refractivity contribution is 9.10. The molecule has 1 N–H and O–H groups in total. The average Bonchev–Trinajstić information content (AvgIpc) is 2.46. The monoisotopic (exact) mass is 342 g/mol. The van der Waals surface area contributed by atoms with Gasteiger partial charge in [-0.05, 0) is 41.7 Å². The van der Waals surface area contributed by atoms with Gasteiger partial charge in [0.25, 0.3) is 0 Å². The molecular formula is C18H19BrN2. The Labute approximate surface area is 134 Å². The van der Waals surface area contributed by atoms with Crippen LogP contribution in [0.15, 0.2) is 46.9 Å². The molecule has 0 aliphatic heterocycles. The van der Waals surface area contributed by atoms with Gasteiger partial charge in [0.05, 0.1) is 11.3 Å². The first-order valence-electron chi connectivity index (χ1n) is 7.10. The second-order valence-corrected chi connectivity index (χ2v) is 6.49. The van der Waals surface area contributed by atoms with E-state index in [2.05, 4.69) is 65.4 Å². The fourth-order valence-corrected chi connectivity index (χ4v) is 2.59. The summed E-state index contributed by atoms with van der Waals surface area (Å²) in [7, 11) is 0. The Morgan fingerprint density at radius 2 is 1.76 bits per heavy atom. The molecule has 0 atom stereocenters. The highest BCUT2D eigenvalue weighted by Gasteiger charge is 2.03. The average molecular weight is 343 g/mol. The molecule has 0 amide bonds. The van der Waals surface area contributed by atoms with Gasteiger partial charge in [0.15, 0.2) is 0 Å². The van der Waals surface area contributed by atoms with Crippen molar-refractivity contribution in [2.45, 2.75) is 26.8 Å². The Bertz CT molecular complexity index is 639. The van der Waals surface area contributed by atoms with Gasteiger partial charge >= 0.3 is 0 Å². The molecule has 21 heavy (non-hydrogen) atoms. The van der Waals surface area contributed by atoms with E-state index >= 15 is 0 Å². The summed E-state index contributed by atoms with van der Waals surface area (Å²) in [6.07, 6.45) is 1.11. The molecule has 3 heteroatoms. The first-order chi connectivity index (χ1) is 10.1. The van der Waals surface area contributed by atoms with Crippen LogP contribution >= 0.6 is 15.9 Å². The molecule has 0 aromatic heterocycles. The normalized spacial score (nSPS) is 10.4. The van der Waals surface area contributed by atoms with E-state index < -0.39 is 0 Å². The highest BCUT2D eigenvalue weighted by atomic mass is 79.9. The minimum Gasteiger partial charge on any atom is -0.380 e. The van der Waals surface area contributed by atoms with Crippen LogP contribution in [0, 0.1) is 17.2 Å². The molecule has 0 radical (unpaired) electrons. The van der Waals surface area contributed by atoms with Crippen molar-refractivity contribution in [2.24, 2.45) is 5.92 Å². The smallest absolute Gasteiger partial charge is 0.101 e. The Balaban J connectivity index is 2.02. The van der Waals surface area contributed by atoms with Crippen molar-refractivity contribution >= 4 is 21.6 Å². The van der Waals surface area contributed by atoms with Crippen molar-refractivity contribution < 1.29 is 0 Å². The molecule has 0 fully saturated rings. The van der Waals surface area contributed by atoms with Crippen molar-refractivity contribution in [1.29, 1.82) is 5.26 Å². The minimum absolute atomic E-state index is 0.654. The van der Waals surface area contributed by atoms with E-state index in [0.717, 1.165) is 23.1 Å². The van der Waals surface area contributed by atoms with Crippen molar-refractivity contribution in [3.05, 3.63) is 63.6 Å². The van der Waals surface area contributed by atoms with E-state index in [1.165, 1.54) is 11.1 Å². The lowest BCUT2D eigenvalue weighted by atomic mass is 10.0. The first kappa shape index (κ1) is 15.6. The van der Waals surface area contributed by atoms with Gasteiger partial charge in [-0.1, -0.05) is 54.0 Å². The van der Waals surface area contributed by atoms with Crippen LogP contribution in [-0.4, -0.2) is 0 Å². The summed E-state index contributed by atoms with van der Waals surface area (Å²) in [6.45, 7) is 5.18. The van der Waals surface area contributed by atoms with Gasteiger partial charge in [0.1, 0.15) is 6.07 Å². The van der Waals surface area contributed by atoms with Crippen molar-refractivity contribution in [2.75, 3.05) is 5.32 Å². The van der Waals surface area contributed by atoms with E-state index in [1.807, 2.05) is 18.2 Å². The number of nitrogens with zero attached hydrogens (tertiary/aromatic N) is 1. The van der Waals surface area contributed by atoms with Gasteiger partial charge in [-0.2, -0.15) is 5.26 Å². The lowest BCUT2D eigenvalue weighted by molar-refractivity contribution is 0.647. The van der Waals surface area contributed by atoms with Crippen molar-refractivity contribution in [1.82, 2.24) is 0 Å². The topological polar surface area (TPSA) is 35.8 Å². The molecule has 0 aliphatic rings. The van der Waals surface area contributed by atoms with Crippen LogP contribution in [-0.2, 0) is 13.0 Å². The summed E-state index contributed by atoms with van der Waals surface area (Å²) in [4.78, 5) is 0. The number of anilines is 1. The zero-order chi connectivity index (χ0) is 15.2. The van der Waals surface area contributed by atoms with Crippen LogP contribution in [0.25, 0.3) is 0 Å². The van der Waals surface area contributed by atoms with Crippen LogP contribution in [0.4, 0.5) is 5.69 Å². The number of benzene rings is 2. The number of hydrogen-bond acceptors (Lipinski definition) is 2. The Kier molecular flexibility index (Phi) is 5.41. The molecule has 0 spiro atoms. The van der Waals surface area contributed by atoms with Gasteiger partial charge in [0.2, 0.25) is 0 Å². The second-order valence-electron chi connectivity index (χ2n) is 5.57. The Hall–Kier alpha value is -1.79. The number of halogens is 1. The third kappa shape index (κ3) is 4.61. The molecule has 0 saturated carbocycles. The van der Waals surface area contributed by atoms with Crippen LogP contribution in [0.5, 0.6) is 0 Å². The molecular weight excluding hydrogens is 324 g/mol. The number of nitrogens with one attached hydrogen (secondary N) is 1. The van der Waals surface area contributed by atoms with Gasteiger partial charge in [-0.3, -0.25) is 0 Å². The maximum atomic E-state index is 9.15. The van der Waals surface area contributed by atoms with E-state index in [9.17, 15) is 0 Å². The van der Waals surface area contributed by atoms with E-state index in [0.29, 0.717) is 11.5 Å². The molecule has 0 aliphatic carbocycles. The molecule has 2 aromatic rings. The van der Waals surface area contributed by atoms with Gasteiger partial charge < -0.3 is 5.32 Å². The van der Waals surface area contributed by atoms with Gasteiger partial charge in [-0.25, -0.2) is 0 Å². The van der Waals surface area contributed by atoms with Crippen LogP contribution in [0.1, 0.15) is 30.5 Å². The fraction of sp³-hybridized carbons (Fsp3) is 0.278. The zero-order valence-corrected chi connectivity index (χ0v) is 13.9. The van der Waals surface area contributed by atoms with Gasteiger partial charge in [0, 0.05) is 11.0 Å². The SMILES string of the molecule is CC(C)Cc1ccc(CNc2ccc(Br)cc2C#N)cc1. The van der Waals surface area contributed by atoms with Crippen molar-refractivity contribution in [3.8, 4) is 6.07 Å². The largest absolute Gasteiger partial charge is 0.380 e. The standard InChI is InChI=1S/C18H19BrN2/c1-13(2)9-14-3-5-15(6-4-14)12-21-18-8-7-17(19)10-16(18)11-20/h3-8,10,13,21H,9,12H2,1-2H3. The Morgan fingerprint density at radius 1 is 1.10 bits per heavy atom. The summed E-state index contributed by atoms with van der Waals surface area (Å²) in [5.41, 5.74) is 4.11. The third-order valence-corrected chi connectivity index (χ3v) is 3.75. The van der Waals surface area contributed by atoms with Crippen molar-refractivity contribution in [3.63, 3.8) is 0 Å². The summed E-state index contributed by atoms with van der Waals surface area (Å²) in [5.74, 6) is 0.676. The molecule has 2 aromatic carbocycles. The summed E-state index contributed by atoms with van der Waals surface area (Å²) in [5, 5.41) is 12.5. The Morgan fingerprint density at radius 3 is 2.38 bits per heavy atom. The molecule has 0 bridgehead atoms. The number of nitriles is 1. The minimum atomic E-state index is 0.654. The molecule has 0 saturated heterocycles. The van der Waals surface area contributed by atoms with Crippen LogP contribution in [0.2, 0.25) is 0 Å². The summed E-state index contributed by atoms with van der Waals surface area (Å²) < 4.78 is 0.919. The highest BCUT2D eigenvalue weighted by Crippen LogP contribution is 2.21. The molecule has 2 rings (SSSR count). The fourth-order valence-electron chi connectivity index (χ4n) is 2.23. The first-order valence-corrected chi connectivity index (χ1v) is 7.89. The van der Waals surface area contributed by atoms with E-state index in [-0.39, 0.29) is 0 Å². The molecule has 108 valence electrons. The van der Waals surface area contributed by atoms with Crippen LogP contribution < -0.4 is 5.32 Å². The number of rotatable bonds is 5. The third-order valence-electron chi connectivity index (χ3n) is 3.25. The predicted molar refractivity (Wildman–Crippen MR) is 91.2 cm³/mol. The van der Waals surface area contributed by atoms with Crippen LogP contribution in [0.3, 0.4) is 0 Å². The maximum Gasteiger partial charge on any atom is 0.101 e. The zero-order valence-electron chi connectivity index (χ0n) is 12.4. The van der Waals surface area contributed by atoms with E-state index in [1.54, 1.807) is 0 Å². The lowest BCUT2D eigenvalue weighted by Crippen LogP contribution is -2.02. The lowest BCUT2D eigenvalue weighted by Gasteiger charge is -2.10. The second kappa shape index (κ2) is 7.28. The molecule has 0 unspecified atom stereocenters. The van der Waals surface area contributed by atoms with Gasteiger partial charge in [-0.15, -0.1) is 0 Å². The molecule has 2 nitrogen and oxygen atoms in total. The van der Waals surface area contributed by atoms with E-state index in [4.69, 9.17) is 5.26 Å². The maximum absolute atomic E-state index is 9.15.